The lowest BCUT2D eigenvalue weighted by Gasteiger charge is -2.03. The summed E-state index contributed by atoms with van der Waals surface area (Å²) in [6.45, 7) is 1.89. The number of carbonyl (C=O) groups is 1. The number of amides is 1. The fourth-order valence-corrected chi connectivity index (χ4v) is 2.99. The van der Waals surface area contributed by atoms with Gasteiger partial charge in [-0.15, -0.1) is 0 Å². The van der Waals surface area contributed by atoms with Crippen molar-refractivity contribution in [1.82, 2.24) is 4.98 Å². The first-order chi connectivity index (χ1) is 10.0. The van der Waals surface area contributed by atoms with Gasteiger partial charge in [0.1, 0.15) is 0 Å². The molecule has 21 heavy (non-hydrogen) atoms. The number of carbonyl (C=O) groups excluding carboxylic acids is 1. The second-order valence-corrected chi connectivity index (χ2v) is 6.10. The smallest absolute Gasteiger partial charge is 0.257 e. The van der Waals surface area contributed by atoms with Crippen molar-refractivity contribution in [2.75, 3.05) is 11.1 Å². The molecule has 0 fully saturated rings. The fraction of sp³-hybridized carbons (Fsp3) is 0.0667. The van der Waals surface area contributed by atoms with E-state index in [9.17, 15) is 4.79 Å². The number of rotatable bonds is 2. The van der Waals surface area contributed by atoms with E-state index in [1.807, 2.05) is 25.1 Å². The largest absolute Gasteiger partial charge is 0.399 e. The molecule has 0 aliphatic rings. The van der Waals surface area contributed by atoms with Gasteiger partial charge in [0, 0.05) is 16.3 Å². The van der Waals surface area contributed by atoms with E-state index in [4.69, 9.17) is 17.3 Å². The van der Waals surface area contributed by atoms with Crippen molar-refractivity contribution in [2.45, 2.75) is 6.92 Å². The highest BCUT2D eigenvalue weighted by Gasteiger charge is 2.11. The second-order valence-electron chi connectivity index (χ2n) is 4.66. The Balaban J connectivity index is 1.87. The van der Waals surface area contributed by atoms with Crippen LogP contribution in [0.5, 0.6) is 0 Å². The molecule has 0 saturated heterocycles. The van der Waals surface area contributed by atoms with E-state index >= 15 is 0 Å². The lowest BCUT2D eigenvalue weighted by molar-refractivity contribution is 0.102. The molecule has 3 N–H and O–H groups in total. The van der Waals surface area contributed by atoms with Gasteiger partial charge in [0.25, 0.3) is 5.91 Å². The maximum absolute atomic E-state index is 12.2. The molecule has 1 amide bonds. The Labute approximate surface area is 130 Å². The number of halogens is 1. The van der Waals surface area contributed by atoms with E-state index in [0.717, 1.165) is 15.8 Å². The zero-order valence-electron chi connectivity index (χ0n) is 11.2. The summed E-state index contributed by atoms with van der Waals surface area (Å²) in [6, 6.07) is 10.7. The summed E-state index contributed by atoms with van der Waals surface area (Å²) in [6.07, 6.45) is 0. The molecule has 0 bridgehead atoms. The predicted octanol–water partition coefficient (Wildman–Crippen LogP) is 4.09. The van der Waals surface area contributed by atoms with Gasteiger partial charge in [-0.2, -0.15) is 0 Å². The van der Waals surface area contributed by atoms with Crippen molar-refractivity contribution in [3.63, 3.8) is 0 Å². The van der Waals surface area contributed by atoms with Gasteiger partial charge in [-0.3, -0.25) is 10.1 Å². The number of nitrogens with zero attached hydrogens (tertiary/aromatic N) is 1. The summed E-state index contributed by atoms with van der Waals surface area (Å²) >= 11 is 7.42. The molecular weight excluding hydrogens is 306 g/mol. The predicted molar refractivity (Wildman–Crippen MR) is 88.2 cm³/mol. The van der Waals surface area contributed by atoms with Crippen LogP contribution in [-0.4, -0.2) is 10.9 Å². The van der Waals surface area contributed by atoms with E-state index in [1.165, 1.54) is 11.3 Å². The first kappa shape index (κ1) is 13.9. The molecule has 2 aromatic carbocycles. The monoisotopic (exact) mass is 317 g/mol. The van der Waals surface area contributed by atoms with Gasteiger partial charge in [0.15, 0.2) is 5.13 Å². The van der Waals surface area contributed by atoms with Crippen molar-refractivity contribution in [1.29, 1.82) is 0 Å². The molecule has 106 valence electrons. The molecule has 1 aromatic heterocycles. The van der Waals surface area contributed by atoms with Gasteiger partial charge < -0.3 is 5.73 Å². The summed E-state index contributed by atoms with van der Waals surface area (Å²) in [7, 11) is 0. The van der Waals surface area contributed by atoms with Gasteiger partial charge >= 0.3 is 0 Å². The number of nitrogens with one attached hydrogen (secondary N) is 1. The van der Waals surface area contributed by atoms with Crippen LogP contribution in [0.25, 0.3) is 10.2 Å². The lowest BCUT2D eigenvalue weighted by atomic mass is 10.1. The van der Waals surface area contributed by atoms with Gasteiger partial charge in [0.05, 0.1) is 10.2 Å². The van der Waals surface area contributed by atoms with Crippen LogP contribution in [-0.2, 0) is 0 Å². The molecule has 0 aliphatic carbocycles. The third-order valence-corrected chi connectivity index (χ3v) is 4.41. The van der Waals surface area contributed by atoms with E-state index in [0.29, 0.717) is 21.4 Å². The van der Waals surface area contributed by atoms with E-state index in [-0.39, 0.29) is 5.91 Å². The van der Waals surface area contributed by atoms with E-state index in [2.05, 4.69) is 10.3 Å². The Hall–Kier alpha value is -2.11. The van der Waals surface area contributed by atoms with Crippen LogP contribution in [0.4, 0.5) is 10.8 Å². The van der Waals surface area contributed by atoms with E-state index < -0.39 is 0 Å². The summed E-state index contributed by atoms with van der Waals surface area (Å²) < 4.78 is 0.937. The Kier molecular flexibility index (Phi) is 3.53. The minimum Gasteiger partial charge on any atom is -0.399 e. The summed E-state index contributed by atoms with van der Waals surface area (Å²) in [4.78, 5) is 16.6. The van der Waals surface area contributed by atoms with Crippen molar-refractivity contribution < 1.29 is 4.79 Å². The number of aromatic nitrogens is 1. The number of nitrogens with two attached hydrogens (primary N) is 1. The zero-order valence-corrected chi connectivity index (χ0v) is 12.8. The average Bonchev–Trinajstić information content (AvgIpc) is 2.83. The number of hydrogen-bond donors (Lipinski definition) is 2. The minimum atomic E-state index is -0.232. The zero-order chi connectivity index (χ0) is 15.0. The van der Waals surface area contributed by atoms with Crippen molar-refractivity contribution >= 4 is 49.9 Å². The number of fused-ring (bicyclic) bond motifs is 1. The SMILES string of the molecule is Cc1ccc(C(=O)Nc2nc3ccc(N)cc3s2)cc1Cl. The fourth-order valence-electron chi connectivity index (χ4n) is 1.90. The average molecular weight is 318 g/mol. The number of nitrogen functional groups attached to an aromatic ring is 1. The van der Waals surface area contributed by atoms with Crippen LogP contribution in [0.15, 0.2) is 36.4 Å². The summed E-state index contributed by atoms with van der Waals surface area (Å²) in [5.74, 6) is -0.232. The Morgan fingerprint density at radius 1 is 1.29 bits per heavy atom. The van der Waals surface area contributed by atoms with Crippen molar-refractivity contribution in [3.8, 4) is 0 Å². The maximum Gasteiger partial charge on any atom is 0.257 e. The number of benzene rings is 2. The third kappa shape index (κ3) is 2.84. The Bertz CT molecular complexity index is 844. The molecule has 0 unspecified atom stereocenters. The quantitative estimate of drug-likeness (QED) is 0.699. The first-order valence-corrected chi connectivity index (χ1v) is 7.46. The summed E-state index contributed by atoms with van der Waals surface area (Å²) in [5, 5.41) is 3.89. The highest BCUT2D eigenvalue weighted by molar-refractivity contribution is 7.22. The van der Waals surface area contributed by atoms with E-state index in [1.54, 1.807) is 18.2 Å². The van der Waals surface area contributed by atoms with Crippen LogP contribution < -0.4 is 11.1 Å². The number of thiazole rings is 1. The lowest BCUT2D eigenvalue weighted by Crippen LogP contribution is -2.11. The molecule has 0 aliphatic heterocycles. The summed E-state index contributed by atoms with van der Waals surface area (Å²) in [5.41, 5.74) is 8.66. The molecule has 0 atom stereocenters. The molecule has 4 nitrogen and oxygen atoms in total. The molecule has 0 spiro atoms. The molecule has 1 heterocycles. The first-order valence-electron chi connectivity index (χ1n) is 6.26. The minimum absolute atomic E-state index is 0.232. The van der Waals surface area contributed by atoms with Crippen LogP contribution in [0, 0.1) is 6.92 Å². The van der Waals surface area contributed by atoms with Gasteiger partial charge in [0.2, 0.25) is 0 Å². The number of hydrogen-bond acceptors (Lipinski definition) is 4. The van der Waals surface area contributed by atoms with Crippen LogP contribution in [0.3, 0.4) is 0 Å². The van der Waals surface area contributed by atoms with Gasteiger partial charge in [-0.25, -0.2) is 4.98 Å². The molecular formula is C15H12ClN3OS. The third-order valence-electron chi connectivity index (χ3n) is 3.07. The van der Waals surface area contributed by atoms with Gasteiger partial charge in [-0.1, -0.05) is 29.0 Å². The number of anilines is 2. The standard InChI is InChI=1S/C15H12ClN3OS/c1-8-2-3-9(6-11(8)16)14(20)19-15-18-12-5-4-10(17)7-13(12)21-15/h2-7H,17H2,1H3,(H,18,19,20). The van der Waals surface area contributed by atoms with Crippen LogP contribution in [0.1, 0.15) is 15.9 Å². The number of aryl methyl sites for hydroxylation is 1. The molecule has 0 saturated carbocycles. The molecule has 3 rings (SSSR count). The van der Waals surface area contributed by atoms with Crippen LogP contribution in [0.2, 0.25) is 5.02 Å². The van der Waals surface area contributed by atoms with Gasteiger partial charge in [-0.05, 0) is 42.8 Å². The topological polar surface area (TPSA) is 68.0 Å². The van der Waals surface area contributed by atoms with Crippen molar-refractivity contribution in [3.05, 3.63) is 52.5 Å². The molecule has 3 aromatic rings. The second kappa shape index (κ2) is 5.35. The van der Waals surface area contributed by atoms with Crippen LogP contribution >= 0.6 is 22.9 Å². The normalized spacial score (nSPS) is 10.8. The maximum atomic E-state index is 12.2. The highest BCUT2D eigenvalue weighted by Crippen LogP contribution is 2.28. The van der Waals surface area contributed by atoms with Crippen molar-refractivity contribution in [2.24, 2.45) is 0 Å². The molecule has 0 radical (unpaired) electrons. The highest BCUT2D eigenvalue weighted by atomic mass is 35.5. The molecule has 6 heteroatoms. The Morgan fingerprint density at radius 2 is 2.10 bits per heavy atom. The Morgan fingerprint density at radius 3 is 2.86 bits per heavy atom.